The van der Waals surface area contributed by atoms with Gasteiger partial charge < -0.3 is 24.8 Å². The van der Waals surface area contributed by atoms with Crippen LogP contribution in [0.5, 0.6) is 0 Å². The van der Waals surface area contributed by atoms with E-state index in [0.717, 1.165) is 7.35 Å². The SMILES string of the molecule is C1=C[CH]([Hf+2]2([CH]3c4ccccc4-c4ccccc43)[CH2][CH2]2)c2ccccc21.[Cl-].[Cl-]. The van der Waals surface area contributed by atoms with Gasteiger partial charge in [0.25, 0.3) is 0 Å². The van der Waals surface area contributed by atoms with Gasteiger partial charge in [0.2, 0.25) is 0 Å². The van der Waals surface area contributed by atoms with Crippen molar-refractivity contribution < 1.29 is 44.8 Å². The molecule has 0 bridgehead atoms. The van der Waals surface area contributed by atoms with Crippen molar-refractivity contribution in [3.63, 3.8) is 0 Å². The summed E-state index contributed by atoms with van der Waals surface area (Å²) >= 11 is -2.50. The van der Waals surface area contributed by atoms with Crippen LogP contribution in [0.15, 0.2) is 78.9 Å². The molecule has 1 atom stereocenters. The molecule has 6 rings (SSSR count). The zero-order valence-corrected chi connectivity index (χ0v) is 20.0. The third kappa shape index (κ3) is 2.66. The van der Waals surface area contributed by atoms with Crippen molar-refractivity contribution in [2.45, 2.75) is 15.7 Å². The van der Waals surface area contributed by atoms with E-state index < -0.39 is 20.0 Å². The molecule has 0 spiro atoms. The van der Waals surface area contributed by atoms with Gasteiger partial charge in [-0.25, -0.2) is 0 Å². The molecule has 3 aromatic carbocycles. The van der Waals surface area contributed by atoms with Crippen LogP contribution in [-0.2, 0) is 20.0 Å². The normalized spacial score (nSPS) is 18.9. The quantitative estimate of drug-likeness (QED) is 0.404. The molecule has 0 N–H and O–H groups in total. The molecular weight excluding hydrogens is 538 g/mol. The van der Waals surface area contributed by atoms with Gasteiger partial charge in [-0.2, -0.15) is 0 Å². The molecular formula is C24H20Cl2Hf. The van der Waals surface area contributed by atoms with Crippen molar-refractivity contribution >= 4 is 6.08 Å². The van der Waals surface area contributed by atoms with Crippen molar-refractivity contribution in [2.75, 3.05) is 0 Å². The Hall–Kier alpha value is -1.15. The summed E-state index contributed by atoms with van der Waals surface area (Å²) in [7, 11) is 0. The van der Waals surface area contributed by atoms with Gasteiger partial charge in [0.05, 0.1) is 0 Å². The van der Waals surface area contributed by atoms with Gasteiger partial charge in [-0.1, -0.05) is 0 Å². The first-order chi connectivity index (χ1) is 12.4. The van der Waals surface area contributed by atoms with Crippen molar-refractivity contribution in [1.29, 1.82) is 0 Å². The number of rotatable bonds is 2. The van der Waals surface area contributed by atoms with Gasteiger partial charge in [-0.05, 0) is 0 Å². The Bertz CT molecular complexity index is 990. The Kier molecular flexibility index (Phi) is 4.99. The second kappa shape index (κ2) is 7.03. The van der Waals surface area contributed by atoms with E-state index in [-0.39, 0.29) is 24.8 Å². The third-order valence-electron chi connectivity index (χ3n) is 6.65. The first-order valence-electron chi connectivity index (χ1n) is 9.34. The van der Waals surface area contributed by atoms with Gasteiger partial charge in [-0.15, -0.1) is 0 Å². The fraction of sp³-hybridized carbons (Fsp3) is 0.167. The molecule has 0 radical (unpaired) electrons. The summed E-state index contributed by atoms with van der Waals surface area (Å²) in [5, 5.41) is 0. The smallest absolute Gasteiger partial charge is 1.00 e. The second-order valence-corrected chi connectivity index (χ2v) is 24.6. The summed E-state index contributed by atoms with van der Waals surface area (Å²) < 4.78 is 4.61. The predicted octanol–water partition coefficient (Wildman–Crippen LogP) is 0.537. The molecule has 1 heterocycles. The molecule has 0 saturated carbocycles. The van der Waals surface area contributed by atoms with E-state index in [1.165, 1.54) is 16.7 Å². The van der Waals surface area contributed by atoms with Gasteiger partial charge in [0.15, 0.2) is 0 Å². The molecule has 3 aromatic rings. The molecule has 0 nitrogen and oxygen atoms in total. The molecule has 2 aliphatic carbocycles. The van der Waals surface area contributed by atoms with Crippen molar-refractivity contribution in [3.8, 4) is 11.1 Å². The molecule has 1 fully saturated rings. The summed E-state index contributed by atoms with van der Waals surface area (Å²) in [6.45, 7) is 0. The average molecular weight is 558 g/mol. The Morgan fingerprint density at radius 3 is 1.74 bits per heavy atom. The van der Waals surface area contributed by atoms with E-state index in [9.17, 15) is 0 Å². The molecule has 1 aliphatic heterocycles. The molecule has 3 aliphatic rings. The maximum Gasteiger partial charge on any atom is -1.00 e. The molecule has 0 aromatic heterocycles. The van der Waals surface area contributed by atoms with E-state index in [4.69, 9.17) is 0 Å². The van der Waals surface area contributed by atoms with Crippen molar-refractivity contribution in [1.82, 2.24) is 0 Å². The van der Waals surface area contributed by atoms with Gasteiger partial charge in [0.1, 0.15) is 0 Å². The van der Waals surface area contributed by atoms with E-state index >= 15 is 0 Å². The maximum atomic E-state index is 2.57. The second-order valence-electron chi connectivity index (χ2n) is 7.81. The fourth-order valence-corrected chi connectivity index (χ4v) is 31.7. The minimum absolute atomic E-state index is 0. The monoisotopic (exact) mass is 558 g/mol. The Morgan fingerprint density at radius 1 is 0.630 bits per heavy atom. The summed E-state index contributed by atoms with van der Waals surface area (Å²) in [5.74, 6) is 0. The number of hydrogen-bond acceptors (Lipinski definition) is 0. The molecule has 0 amide bonds. The predicted molar refractivity (Wildman–Crippen MR) is 102 cm³/mol. The third-order valence-corrected chi connectivity index (χ3v) is 25.2. The topological polar surface area (TPSA) is 0 Å². The van der Waals surface area contributed by atoms with Crippen molar-refractivity contribution in [2.24, 2.45) is 0 Å². The number of benzene rings is 3. The fourth-order valence-electron chi connectivity index (χ4n) is 5.45. The zero-order chi connectivity index (χ0) is 16.4. The molecule has 134 valence electrons. The van der Waals surface area contributed by atoms with Crippen molar-refractivity contribution in [3.05, 3.63) is 101 Å². The zero-order valence-electron chi connectivity index (χ0n) is 14.9. The first kappa shape index (κ1) is 19.2. The maximum absolute atomic E-state index is 2.57. The summed E-state index contributed by atoms with van der Waals surface area (Å²) in [5.41, 5.74) is 9.39. The Labute approximate surface area is 177 Å². The van der Waals surface area contributed by atoms with Crippen LogP contribution in [0.3, 0.4) is 0 Å². The van der Waals surface area contributed by atoms with Crippen LogP contribution >= 0.6 is 0 Å². The van der Waals surface area contributed by atoms with Crippen LogP contribution < -0.4 is 24.8 Å². The van der Waals surface area contributed by atoms with Crippen LogP contribution in [0.1, 0.15) is 29.6 Å². The Morgan fingerprint density at radius 2 is 1.15 bits per heavy atom. The summed E-state index contributed by atoms with van der Waals surface area (Å²) in [4.78, 5) is 0. The van der Waals surface area contributed by atoms with Crippen LogP contribution in [0.4, 0.5) is 0 Å². The van der Waals surface area contributed by atoms with E-state index in [1.807, 2.05) is 0 Å². The van der Waals surface area contributed by atoms with Crippen LogP contribution in [0.2, 0.25) is 8.35 Å². The van der Waals surface area contributed by atoms with Gasteiger partial charge in [-0.3, -0.25) is 0 Å². The average Bonchev–Trinajstić information content (AvgIpc) is 3.21. The number of halogens is 2. The van der Waals surface area contributed by atoms with Crippen LogP contribution in [-0.4, -0.2) is 0 Å². The van der Waals surface area contributed by atoms with Gasteiger partial charge in [0, 0.05) is 0 Å². The van der Waals surface area contributed by atoms with Gasteiger partial charge >= 0.3 is 154 Å². The minimum Gasteiger partial charge on any atom is -1.00 e. The molecule has 1 unspecified atom stereocenters. The molecule has 27 heavy (non-hydrogen) atoms. The molecule has 1 saturated heterocycles. The van der Waals surface area contributed by atoms with Crippen LogP contribution in [0.25, 0.3) is 17.2 Å². The first-order valence-corrected chi connectivity index (χ1v) is 18.6. The number of fused-ring (bicyclic) bond motifs is 4. The molecule has 3 heteroatoms. The number of allylic oxidation sites excluding steroid dienone is 1. The minimum atomic E-state index is -2.50. The number of hydrogen-bond donors (Lipinski definition) is 0. The Balaban J connectivity index is 0.000000900. The van der Waals surface area contributed by atoms with Crippen LogP contribution in [0, 0.1) is 0 Å². The van der Waals surface area contributed by atoms with E-state index in [2.05, 4.69) is 84.9 Å². The summed E-state index contributed by atoms with van der Waals surface area (Å²) in [6, 6.07) is 27.6. The van der Waals surface area contributed by atoms with E-state index in [0.29, 0.717) is 0 Å². The van der Waals surface area contributed by atoms with E-state index in [1.54, 1.807) is 25.0 Å². The standard InChI is InChI=1S/C13H9.C9H7.C2H4.2ClH.Hf/c1-3-7-12-10(5-1)9-11-6-2-4-8-13(11)12;1-2-5-9-7-3-6-8(9)4-1;1-2;;;/h1-9H;1-7H;1-2H2;2*1H;/q;;;;;+2/p-2. The summed E-state index contributed by atoms with van der Waals surface area (Å²) in [6.07, 6.45) is 4.97. The largest absolute Gasteiger partial charge is 1.00 e.